The highest BCUT2D eigenvalue weighted by atomic mass is 32.2. The third-order valence-corrected chi connectivity index (χ3v) is 6.08. The molecule has 5 heteroatoms. The van der Waals surface area contributed by atoms with Gasteiger partial charge in [0, 0.05) is 12.1 Å². The average Bonchev–Trinajstić information content (AvgIpc) is 3.22. The monoisotopic (exact) mass is 302 g/mol. The Bertz CT molecular complexity index is 379. The zero-order valence-electron chi connectivity index (χ0n) is 12.7. The molecule has 2 saturated carbocycles. The van der Waals surface area contributed by atoms with E-state index in [2.05, 4.69) is 17.0 Å². The zero-order chi connectivity index (χ0) is 14.4. The molecule has 0 aromatic carbocycles. The van der Waals surface area contributed by atoms with Crippen molar-refractivity contribution in [3.05, 3.63) is 0 Å². The quantitative estimate of drug-likeness (QED) is 0.643. The summed E-state index contributed by atoms with van der Waals surface area (Å²) < 4.78 is 27.1. The SMILES string of the molecule is CCC1CCCC(NS(=O)(=O)CCCCNC2CC2)C1. The molecule has 0 amide bonds. The maximum Gasteiger partial charge on any atom is 0.211 e. The fourth-order valence-electron chi connectivity index (χ4n) is 3.09. The molecule has 0 heterocycles. The summed E-state index contributed by atoms with van der Waals surface area (Å²) in [6.45, 7) is 3.16. The zero-order valence-corrected chi connectivity index (χ0v) is 13.6. The van der Waals surface area contributed by atoms with E-state index in [9.17, 15) is 8.42 Å². The Hall–Kier alpha value is -0.130. The molecule has 0 radical (unpaired) electrons. The van der Waals surface area contributed by atoms with Crippen LogP contribution in [-0.2, 0) is 10.0 Å². The van der Waals surface area contributed by atoms with E-state index in [1.165, 1.54) is 25.7 Å². The van der Waals surface area contributed by atoms with Crippen LogP contribution >= 0.6 is 0 Å². The molecule has 2 aliphatic rings. The molecule has 0 aromatic rings. The molecule has 0 aliphatic heterocycles. The van der Waals surface area contributed by atoms with E-state index in [1.807, 2.05) is 0 Å². The lowest BCUT2D eigenvalue weighted by atomic mass is 9.85. The lowest BCUT2D eigenvalue weighted by molar-refractivity contribution is 0.301. The predicted molar refractivity (Wildman–Crippen MR) is 83.2 cm³/mol. The van der Waals surface area contributed by atoms with Crippen molar-refractivity contribution >= 4 is 10.0 Å². The summed E-state index contributed by atoms with van der Waals surface area (Å²) in [5.41, 5.74) is 0. The van der Waals surface area contributed by atoms with Gasteiger partial charge in [0.2, 0.25) is 10.0 Å². The molecule has 2 rings (SSSR count). The maximum absolute atomic E-state index is 12.1. The van der Waals surface area contributed by atoms with Gasteiger partial charge in [-0.1, -0.05) is 26.2 Å². The van der Waals surface area contributed by atoms with Crippen molar-refractivity contribution in [3.8, 4) is 0 Å². The summed E-state index contributed by atoms with van der Waals surface area (Å²) in [5, 5.41) is 3.42. The van der Waals surface area contributed by atoms with Crippen LogP contribution in [0.2, 0.25) is 0 Å². The summed E-state index contributed by atoms with van der Waals surface area (Å²) in [4.78, 5) is 0. The molecule has 2 fully saturated rings. The molecule has 0 bridgehead atoms. The number of rotatable bonds is 9. The van der Waals surface area contributed by atoms with Crippen molar-refractivity contribution in [2.45, 2.75) is 76.8 Å². The fraction of sp³-hybridized carbons (Fsp3) is 1.00. The molecular formula is C15H30N2O2S. The number of unbranched alkanes of at least 4 members (excludes halogenated alkanes) is 1. The van der Waals surface area contributed by atoms with E-state index in [1.54, 1.807) is 0 Å². The van der Waals surface area contributed by atoms with E-state index >= 15 is 0 Å². The molecule has 0 aromatic heterocycles. The summed E-state index contributed by atoms with van der Waals surface area (Å²) in [6, 6.07) is 0.904. The first-order valence-electron chi connectivity index (χ1n) is 8.32. The molecule has 2 aliphatic carbocycles. The first-order chi connectivity index (χ1) is 9.59. The molecule has 2 atom stereocenters. The smallest absolute Gasteiger partial charge is 0.211 e. The molecule has 2 N–H and O–H groups in total. The normalized spacial score (nSPS) is 27.6. The minimum atomic E-state index is -3.08. The molecule has 20 heavy (non-hydrogen) atoms. The number of nitrogens with one attached hydrogen (secondary N) is 2. The summed E-state index contributed by atoms with van der Waals surface area (Å²) in [6.07, 6.45) is 9.94. The predicted octanol–water partition coefficient (Wildman–Crippen LogP) is 2.41. The van der Waals surface area contributed by atoms with E-state index in [4.69, 9.17) is 0 Å². The van der Waals surface area contributed by atoms with E-state index in [0.717, 1.165) is 44.7 Å². The van der Waals surface area contributed by atoms with E-state index < -0.39 is 10.0 Å². The van der Waals surface area contributed by atoms with Gasteiger partial charge in [-0.25, -0.2) is 13.1 Å². The minimum Gasteiger partial charge on any atom is -0.314 e. The second-order valence-electron chi connectivity index (χ2n) is 6.51. The molecule has 0 saturated heterocycles. The topological polar surface area (TPSA) is 58.2 Å². The van der Waals surface area contributed by atoms with Crippen LogP contribution in [0.25, 0.3) is 0 Å². The van der Waals surface area contributed by atoms with Crippen molar-refractivity contribution < 1.29 is 8.42 Å². The van der Waals surface area contributed by atoms with Crippen LogP contribution in [0, 0.1) is 5.92 Å². The Balaban J connectivity index is 1.61. The van der Waals surface area contributed by atoms with Gasteiger partial charge in [0.25, 0.3) is 0 Å². The van der Waals surface area contributed by atoms with Gasteiger partial charge in [-0.15, -0.1) is 0 Å². The maximum atomic E-state index is 12.1. The fourth-order valence-corrected chi connectivity index (χ4v) is 4.52. The Morgan fingerprint density at radius 2 is 1.85 bits per heavy atom. The first-order valence-corrected chi connectivity index (χ1v) is 9.97. The largest absolute Gasteiger partial charge is 0.314 e. The molecule has 118 valence electrons. The highest BCUT2D eigenvalue weighted by Crippen LogP contribution is 2.26. The highest BCUT2D eigenvalue weighted by Gasteiger charge is 2.24. The van der Waals surface area contributed by atoms with Crippen LogP contribution in [0.4, 0.5) is 0 Å². The van der Waals surface area contributed by atoms with Gasteiger partial charge in [0.15, 0.2) is 0 Å². The minimum absolute atomic E-state index is 0.184. The highest BCUT2D eigenvalue weighted by molar-refractivity contribution is 7.89. The lowest BCUT2D eigenvalue weighted by Crippen LogP contribution is -2.39. The second-order valence-corrected chi connectivity index (χ2v) is 8.38. The van der Waals surface area contributed by atoms with Crippen LogP contribution in [-0.4, -0.2) is 32.8 Å². The molecule has 4 nitrogen and oxygen atoms in total. The first kappa shape index (κ1) is 16.2. The van der Waals surface area contributed by atoms with Crippen LogP contribution in [0.15, 0.2) is 0 Å². The van der Waals surface area contributed by atoms with Crippen LogP contribution in [0.3, 0.4) is 0 Å². The van der Waals surface area contributed by atoms with Crippen LogP contribution < -0.4 is 10.0 Å². The molecular weight excluding hydrogens is 272 g/mol. The lowest BCUT2D eigenvalue weighted by Gasteiger charge is -2.28. The standard InChI is InChI=1S/C15H30N2O2S/c1-2-13-6-5-7-15(12-13)17-20(18,19)11-4-3-10-16-14-8-9-14/h13-17H,2-12H2,1H3. The van der Waals surface area contributed by atoms with Crippen molar-refractivity contribution in [3.63, 3.8) is 0 Å². The second kappa shape index (κ2) is 7.76. The van der Waals surface area contributed by atoms with Crippen LogP contribution in [0.1, 0.15) is 64.7 Å². The average molecular weight is 302 g/mol. The summed E-state index contributed by atoms with van der Waals surface area (Å²) in [5.74, 6) is 0.992. The van der Waals surface area contributed by atoms with E-state index in [0.29, 0.717) is 5.92 Å². The third kappa shape index (κ3) is 6.10. The van der Waals surface area contributed by atoms with Gasteiger partial charge in [-0.2, -0.15) is 0 Å². The van der Waals surface area contributed by atoms with Crippen molar-refractivity contribution in [1.82, 2.24) is 10.0 Å². The Labute approximate surface area is 124 Å². The van der Waals surface area contributed by atoms with Crippen molar-refractivity contribution in [2.24, 2.45) is 5.92 Å². The van der Waals surface area contributed by atoms with Crippen LogP contribution in [0.5, 0.6) is 0 Å². The van der Waals surface area contributed by atoms with Crippen molar-refractivity contribution in [2.75, 3.05) is 12.3 Å². The molecule has 2 unspecified atom stereocenters. The van der Waals surface area contributed by atoms with Gasteiger partial charge in [0.05, 0.1) is 5.75 Å². The Morgan fingerprint density at radius 1 is 1.05 bits per heavy atom. The Kier molecular flexibility index (Phi) is 6.30. The number of hydrogen-bond acceptors (Lipinski definition) is 3. The van der Waals surface area contributed by atoms with Crippen molar-refractivity contribution in [1.29, 1.82) is 0 Å². The van der Waals surface area contributed by atoms with Gasteiger partial charge in [-0.05, 0) is 51.0 Å². The number of hydrogen-bond donors (Lipinski definition) is 2. The van der Waals surface area contributed by atoms with Gasteiger partial charge < -0.3 is 5.32 Å². The molecule has 0 spiro atoms. The summed E-state index contributed by atoms with van der Waals surface area (Å²) in [7, 11) is -3.08. The third-order valence-electron chi connectivity index (χ3n) is 4.56. The van der Waals surface area contributed by atoms with E-state index in [-0.39, 0.29) is 11.8 Å². The summed E-state index contributed by atoms with van der Waals surface area (Å²) >= 11 is 0. The van der Waals surface area contributed by atoms with Gasteiger partial charge >= 0.3 is 0 Å². The number of sulfonamides is 1. The Morgan fingerprint density at radius 3 is 2.55 bits per heavy atom. The van der Waals surface area contributed by atoms with Gasteiger partial charge in [-0.3, -0.25) is 0 Å². The van der Waals surface area contributed by atoms with Gasteiger partial charge in [0.1, 0.15) is 0 Å².